The quantitative estimate of drug-likeness (QED) is 0.541. The minimum atomic E-state index is -2.83. The molecular weight excluding hydrogens is 268 g/mol. The van der Waals surface area contributed by atoms with Crippen LogP contribution in [0.1, 0.15) is 34.6 Å². The van der Waals surface area contributed by atoms with Crippen molar-refractivity contribution in [2.75, 3.05) is 0 Å². The van der Waals surface area contributed by atoms with E-state index >= 15 is 0 Å². The van der Waals surface area contributed by atoms with Gasteiger partial charge in [0.25, 0.3) is 0 Å². The van der Waals surface area contributed by atoms with Gasteiger partial charge in [-0.25, -0.2) is 0 Å². The SMILES string of the molecule is CC.CC#CO[Si](C)(OC#CC)OC#CC.O.O.O. The van der Waals surface area contributed by atoms with Crippen LogP contribution >= 0.6 is 0 Å². The van der Waals surface area contributed by atoms with E-state index in [0.717, 1.165) is 0 Å². The summed E-state index contributed by atoms with van der Waals surface area (Å²) < 4.78 is 15.3. The molecule has 0 aromatic heterocycles. The highest BCUT2D eigenvalue weighted by Crippen LogP contribution is 2.06. The average molecular weight is 292 g/mol. The third-order valence-electron chi connectivity index (χ3n) is 1.02. The van der Waals surface area contributed by atoms with Gasteiger partial charge in [-0.1, -0.05) is 31.6 Å². The second kappa shape index (κ2) is 21.5. The van der Waals surface area contributed by atoms with Crippen molar-refractivity contribution in [2.45, 2.75) is 41.2 Å². The summed E-state index contributed by atoms with van der Waals surface area (Å²) in [6.07, 6.45) is 7.30. The summed E-state index contributed by atoms with van der Waals surface area (Å²) in [6, 6.07) is 0. The molecule has 0 unspecified atom stereocenters. The lowest BCUT2D eigenvalue weighted by Crippen LogP contribution is -2.38. The van der Waals surface area contributed by atoms with Crippen molar-refractivity contribution in [1.29, 1.82) is 0 Å². The Morgan fingerprint density at radius 1 is 0.632 bits per heavy atom. The number of rotatable bonds is 3. The van der Waals surface area contributed by atoms with Crippen LogP contribution in [-0.4, -0.2) is 25.2 Å². The number of hydrogen-bond donors (Lipinski definition) is 0. The fourth-order valence-electron chi connectivity index (χ4n) is 0.494. The summed E-state index contributed by atoms with van der Waals surface area (Å²) in [7, 11) is -2.83. The minimum absolute atomic E-state index is 0. The van der Waals surface area contributed by atoms with Crippen molar-refractivity contribution < 1.29 is 29.7 Å². The van der Waals surface area contributed by atoms with E-state index in [9.17, 15) is 0 Å². The zero-order valence-electron chi connectivity index (χ0n) is 12.2. The van der Waals surface area contributed by atoms with E-state index in [0.29, 0.717) is 0 Å². The summed E-state index contributed by atoms with van der Waals surface area (Å²) in [6.45, 7) is 10.6. The predicted molar refractivity (Wildman–Crippen MR) is 77.4 cm³/mol. The predicted octanol–water partition coefficient (Wildman–Crippen LogP) is 0.0994. The highest BCUT2D eigenvalue weighted by molar-refractivity contribution is 6.60. The van der Waals surface area contributed by atoms with Crippen LogP contribution in [0.2, 0.25) is 6.55 Å². The molecule has 0 amide bonds. The molecule has 7 heteroatoms. The Hall–Kier alpha value is -1.82. The van der Waals surface area contributed by atoms with Gasteiger partial charge in [-0.05, 0) is 0 Å². The van der Waals surface area contributed by atoms with Crippen LogP contribution < -0.4 is 0 Å². The molecule has 0 heterocycles. The van der Waals surface area contributed by atoms with Crippen molar-refractivity contribution in [3.05, 3.63) is 0 Å². The molecule has 0 aromatic carbocycles. The second-order valence-electron chi connectivity index (χ2n) is 2.22. The van der Waals surface area contributed by atoms with Gasteiger partial charge in [-0.3, -0.25) is 0 Å². The van der Waals surface area contributed by atoms with Crippen LogP contribution in [-0.2, 0) is 13.3 Å². The molecule has 6 N–H and O–H groups in total. The lowest BCUT2D eigenvalue weighted by molar-refractivity contribution is 0.221. The van der Waals surface area contributed by atoms with Crippen LogP contribution in [0.15, 0.2) is 0 Å². The molecule has 0 radical (unpaired) electrons. The Kier molecular flexibility index (Phi) is 34.2. The highest BCUT2D eigenvalue weighted by Gasteiger charge is 2.41. The number of hydrogen-bond acceptors (Lipinski definition) is 3. The van der Waals surface area contributed by atoms with Crippen molar-refractivity contribution >= 4 is 8.80 Å². The first-order valence-corrected chi connectivity index (χ1v) is 7.20. The van der Waals surface area contributed by atoms with E-state index in [1.165, 1.54) is 0 Å². The first kappa shape index (κ1) is 30.3. The molecule has 0 aromatic rings. The summed E-state index contributed by atoms with van der Waals surface area (Å²) in [5.74, 6) is 7.75. The third kappa shape index (κ3) is 18.7. The standard InChI is InChI=1S/C10H12O3Si.C2H6.3H2O/c1-5-8-11-14(4,12-9-6-2)13-10-7-3;1-2;;;/h1-4H3;1-2H3;3*1H2. The lowest BCUT2D eigenvalue weighted by Gasteiger charge is -2.16. The molecule has 0 aliphatic heterocycles. The zero-order chi connectivity index (χ0) is 12.9. The first-order chi connectivity index (χ1) is 7.68. The van der Waals surface area contributed by atoms with E-state index in [2.05, 4.69) is 36.1 Å². The normalized spacial score (nSPS) is 6.00. The molecule has 0 spiro atoms. The third-order valence-corrected chi connectivity index (χ3v) is 2.43. The van der Waals surface area contributed by atoms with E-state index in [-0.39, 0.29) is 16.4 Å². The molecular formula is C12H24O6Si. The lowest BCUT2D eigenvalue weighted by atomic mass is 10.8. The zero-order valence-corrected chi connectivity index (χ0v) is 13.2. The Labute approximate surface area is 116 Å². The van der Waals surface area contributed by atoms with Gasteiger partial charge in [0.1, 0.15) is 0 Å². The molecule has 19 heavy (non-hydrogen) atoms. The van der Waals surface area contributed by atoms with E-state index in [1.54, 1.807) is 27.3 Å². The van der Waals surface area contributed by atoms with Crippen LogP contribution in [0.5, 0.6) is 0 Å². The molecule has 0 saturated heterocycles. The van der Waals surface area contributed by atoms with Gasteiger partial charge in [0.05, 0.1) is 18.3 Å². The largest absolute Gasteiger partial charge is 0.721 e. The summed E-state index contributed by atoms with van der Waals surface area (Å²) in [4.78, 5) is 0. The molecule has 0 atom stereocenters. The first-order valence-electron chi connectivity index (χ1n) is 4.97. The monoisotopic (exact) mass is 292 g/mol. The van der Waals surface area contributed by atoms with Gasteiger partial charge in [0.15, 0.2) is 0 Å². The Bertz CT molecular complexity index is 295. The summed E-state index contributed by atoms with van der Waals surface area (Å²) in [5.41, 5.74) is 0. The highest BCUT2D eigenvalue weighted by atomic mass is 28.4. The fraction of sp³-hybridized carbons (Fsp3) is 0.500. The Balaban J connectivity index is -0.000000124. The van der Waals surface area contributed by atoms with Crippen molar-refractivity contribution in [3.63, 3.8) is 0 Å². The van der Waals surface area contributed by atoms with Gasteiger partial charge in [0.2, 0.25) is 0 Å². The Morgan fingerprint density at radius 2 is 0.842 bits per heavy atom. The van der Waals surface area contributed by atoms with Gasteiger partial charge >= 0.3 is 8.80 Å². The fourth-order valence-corrected chi connectivity index (χ4v) is 1.48. The van der Waals surface area contributed by atoms with E-state index in [4.69, 9.17) is 13.3 Å². The minimum Gasteiger partial charge on any atom is -0.432 e. The van der Waals surface area contributed by atoms with E-state index < -0.39 is 8.80 Å². The van der Waals surface area contributed by atoms with Crippen molar-refractivity contribution in [1.82, 2.24) is 0 Å². The van der Waals surface area contributed by atoms with Crippen molar-refractivity contribution in [3.8, 4) is 36.1 Å². The van der Waals surface area contributed by atoms with Crippen LogP contribution in [0.4, 0.5) is 0 Å². The van der Waals surface area contributed by atoms with Crippen LogP contribution in [0.3, 0.4) is 0 Å². The maximum atomic E-state index is 5.11. The molecule has 0 aliphatic carbocycles. The molecule has 0 fully saturated rings. The molecule has 112 valence electrons. The molecule has 6 nitrogen and oxygen atoms in total. The summed E-state index contributed by atoms with van der Waals surface area (Å²) >= 11 is 0. The van der Waals surface area contributed by atoms with Crippen LogP contribution in [0, 0.1) is 36.1 Å². The van der Waals surface area contributed by atoms with Gasteiger partial charge in [-0.2, -0.15) is 0 Å². The van der Waals surface area contributed by atoms with Gasteiger partial charge in [0, 0.05) is 27.3 Å². The molecule has 0 rings (SSSR count). The maximum absolute atomic E-state index is 5.11. The van der Waals surface area contributed by atoms with Crippen LogP contribution in [0.25, 0.3) is 0 Å². The molecule has 0 aliphatic rings. The molecule has 0 saturated carbocycles. The van der Waals surface area contributed by atoms with Crippen molar-refractivity contribution in [2.24, 2.45) is 0 Å². The Morgan fingerprint density at radius 3 is 1.00 bits per heavy atom. The molecule has 0 bridgehead atoms. The summed E-state index contributed by atoms with van der Waals surface area (Å²) in [5, 5.41) is 0. The van der Waals surface area contributed by atoms with Gasteiger partial charge < -0.3 is 29.7 Å². The second-order valence-corrected chi connectivity index (χ2v) is 4.56. The smallest absolute Gasteiger partial charge is 0.432 e. The maximum Gasteiger partial charge on any atom is 0.721 e. The topological polar surface area (TPSA) is 122 Å². The van der Waals surface area contributed by atoms with Gasteiger partial charge in [-0.15, -0.1) is 0 Å². The van der Waals surface area contributed by atoms with E-state index in [1.807, 2.05) is 13.8 Å². The average Bonchev–Trinajstić information content (AvgIpc) is 2.34.